The van der Waals surface area contributed by atoms with E-state index >= 15 is 0 Å². The second-order valence-corrected chi connectivity index (χ2v) is 5.05. The number of imidazole rings is 1. The Balaban J connectivity index is 2.81. The van der Waals surface area contributed by atoms with E-state index in [9.17, 15) is 0 Å². The Labute approximate surface area is 93.9 Å². The van der Waals surface area contributed by atoms with Crippen molar-refractivity contribution in [3.05, 3.63) is 29.0 Å². The minimum absolute atomic E-state index is 0.0700. The van der Waals surface area contributed by atoms with Crippen molar-refractivity contribution in [1.29, 1.82) is 0 Å². The Bertz CT molecular complexity index is 508. The molecule has 0 saturated carbocycles. The zero-order valence-electron chi connectivity index (χ0n) is 9.08. The molecule has 0 fully saturated rings. The summed E-state index contributed by atoms with van der Waals surface area (Å²) in [5.74, 6) is 0.667. The number of hydrogen-bond acceptors (Lipinski definition) is 2. The molecule has 4 heteroatoms. The number of fused-ring (bicyclic) bond motifs is 1. The fourth-order valence-corrected chi connectivity index (χ4v) is 1.81. The van der Waals surface area contributed by atoms with Gasteiger partial charge in [-0.3, -0.25) is 4.40 Å². The summed E-state index contributed by atoms with van der Waals surface area (Å²) in [5, 5.41) is 0.625. The highest BCUT2D eigenvalue weighted by Gasteiger charge is 2.22. The highest BCUT2D eigenvalue weighted by molar-refractivity contribution is 6.33. The van der Waals surface area contributed by atoms with E-state index in [-0.39, 0.29) is 5.41 Å². The lowest BCUT2D eigenvalue weighted by Gasteiger charge is -2.15. The molecule has 2 N–H and O–H groups in total. The van der Waals surface area contributed by atoms with Crippen molar-refractivity contribution in [2.45, 2.75) is 26.2 Å². The number of rotatable bonds is 0. The number of pyridine rings is 1. The van der Waals surface area contributed by atoms with Crippen LogP contribution in [0.15, 0.2) is 18.3 Å². The normalized spacial score (nSPS) is 12.3. The second kappa shape index (κ2) is 3.14. The quantitative estimate of drug-likeness (QED) is 0.747. The van der Waals surface area contributed by atoms with Crippen LogP contribution < -0.4 is 5.73 Å². The van der Waals surface area contributed by atoms with Gasteiger partial charge in [-0.25, -0.2) is 4.98 Å². The molecular weight excluding hydrogens is 210 g/mol. The van der Waals surface area contributed by atoms with Crippen LogP contribution >= 0.6 is 11.6 Å². The van der Waals surface area contributed by atoms with Crippen LogP contribution in [0.1, 0.15) is 26.5 Å². The summed E-state index contributed by atoms with van der Waals surface area (Å²) in [7, 11) is 0. The summed E-state index contributed by atoms with van der Waals surface area (Å²) in [6, 6.07) is 3.68. The smallest absolute Gasteiger partial charge is 0.157 e. The summed E-state index contributed by atoms with van der Waals surface area (Å²) < 4.78 is 1.82. The van der Waals surface area contributed by atoms with Crippen molar-refractivity contribution in [3.8, 4) is 0 Å². The zero-order valence-corrected chi connectivity index (χ0v) is 9.84. The van der Waals surface area contributed by atoms with Gasteiger partial charge < -0.3 is 5.73 Å². The van der Waals surface area contributed by atoms with Crippen LogP contribution in [0.5, 0.6) is 0 Å². The molecule has 2 rings (SSSR count). The molecule has 0 spiro atoms. The zero-order chi connectivity index (χ0) is 11.2. The molecule has 0 aromatic carbocycles. The number of anilines is 1. The van der Waals surface area contributed by atoms with Crippen molar-refractivity contribution >= 4 is 23.1 Å². The Morgan fingerprint density at radius 2 is 2.07 bits per heavy atom. The minimum Gasteiger partial charge on any atom is -0.383 e. The molecule has 0 amide bonds. The van der Waals surface area contributed by atoms with Crippen LogP contribution in [-0.4, -0.2) is 9.38 Å². The third-order valence-corrected chi connectivity index (χ3v) is 2.64. The number of hydrogen-bond donors (Lipinski definition) is 1. The molecule has 0 aliphatic rings. The Hall–Kier alpha value is -1.22. The highest BCUT2D eigenvalue weighted by Crippen LogP contribution is 2.29. The first-order chi connectivity index (χ1) is 6.91. The predicted molar refractivity (Wildman–Crippen MR) is 63.3 cm³/mol. The molecule has 2 aromatic heterocycles. The standard InChI is InChI=1S/C11H14ClN3/c1-11(2,3)8-9(13)15-6-4-5-7(12)10(15)14-8/h4-6H,13H2,1-3H3. The lowest BCUT2D eigenvalue weighted by molar-refractivity contribution is 0.576. The first-order valence-corrected chi connectivity index (χ1v) is 5.21. The molecule has 0 atom stereocenters. The van der Waals surface area contributed by atoms with E-state index in [2.05, 4.69) is 25.8 Å². The average Bonchev–Trinajstić information content (AvgIpc) is 2.45. The van der Waals surface area contributed by atoms with Gasteiger partial charge in [0, 0.05) is 11.6 Å². The van der Waals surface area contributed by atoms with E-state index < -0.39 is 0 Å². The van der Waals surface area contributed by atoms with Crippen LogP contribution in [0.4, 0.5) is 5.82 Å². The van der Waals surface area contributed by atoms with Crippen LogP contribution in [0.25, 0.3) is 5.65 Å². The van der Waals surface area contributed by atoms with E-state index in [1.54, 1.807) is 0 Å². The second-order valence-electron chi connectivity index (χ2n) is 4.65. The molecule has 2 heterocycles. The van der Waals surface area contributed by atoms with Crippen molar-refractivity contribution in [3.63, 3.8) is 0 Å². The molecule has 15 heavy (non-hydrogen) atoms. The van der Waals surface area contributed by atoms with E-state index in [1.807, 2.05) is 22.7 Å². The van der Waals surface area contributed by atoms with Gasteiger partial charge in [0.25, 0.3) is 0 Å². The summed E-state index contributed by atoms with van der Waals surface area (Å²) >= 11 is 6.05. The van der Waals surface area contributed by atoms with Crippen LogP contribution in [0.3, 0.4) is 0 Å². The van der Waals surface area contributed by atoms with Gasteiger partial charge in [-0.1, -0.05) is 32.4 Å². The molecule has 2 aromatic rings. The average molecular weight is 224 g/mol. The SMILES string of the molecule is CC(C)(C)c1nc2c(Cl)cccn2c1N. The number of nitrogens with zero attached hydrogens (tertiary/aromatic N) is 2. The van der Waals surface area contributed by atoms with E-state index in [0.717, 1.165) is 11.3 Å². The summed E-state index contributed by atoms with van der Waals surface area (Å²) in [4.78, 5) is 4.49. The van der Waals surface area contributed by atoms with Gasteiger partial charge in [0.1, 0.15) is 5.82 Å². The topological polar surface area (TPSA) is 43.3 Å². The van der Waals surface area contributed by atoms with Crippen LogP contribution in [-0.2, 0) is 5.41 Å². The fraction of sp³-hybridized carbons (Fsp3) is 0.364. The Kier molecular flexibility index (Phi) is 2.15. The van der Waals surface area contributed by atoms with Crippen molar-refractivity contribution < 1.29 is 0 Å². The summed E-state index contributed by atoms with van der Waals surface area (Å²) in [6.07, 6.45) is 1.87. The summed E-state index contributed by atoms with van der Waals surface area (Å²) in [6.45, 7) is 6.25. The Morgan fingerprint density at radius 3 is 2.60 bits per heavy atom. The number of nitrogens with two attached hydrogens (primary N) is 1. The van der Waals surface area contributed by atoms with Crippen LogP contribution in [0, 0.1) is 0 Å². The maximum absolute atomic E-state index is 6.05. The third kappa shape index (κ3) is 1.57. The van der Waals surface area contributed by atoms with Gasteiger partial charge in [0.15, 0.2) is 5.65 Å². The third-order valence-electron chi connectivity index (χ3n) is 2.35. The lowest BCUT2D eigenvalue weighted by atomic mass is 9.92. The number of halogens is 1. The van der Waals surface area contributed by atoms with Gasteiger partial charge in [-0.2, -0.15) is 0 Å². The molecule has 0 aliphatic carbocycles. The monoisotopic (exact) mass is 223 g/mol. The van der Waals surface area contributed by atoms with Gasteiger partial charge in [0.2, 0.25) is 0 Å². The molecule has 0 aliphatic heterocycles. The lowest BCUT2D eigenvalue weighted by Crippen LogP contribution is -2.14. The molecular formula is C11H14ClN3. The largest absolute Gasteiger partial charge is 0.383 e. The van der Waals surface area contributed by atoms with Crippen molar-refractivity contribution in [1.82, 2.24) is 9.38 Å². The van der Waals surface area contributed by atoms with Crippen LogP contribution in [0.2, 0.25) is 5.02 Å². The molecule has 80 valence electrons. The first-order valence-electron chi connectivity index (χ1n) is 4.84. The summed E-state index contributed by atoms with van der Waals surface area (Å²) in [5.41, 5.74) is 7.57. The Morgan fingerprint density at radius 1 is 1.40 bits per heavy atom. The first kappa shape index (κ1) is 10.3. The molecule has 0 saturated heterocycles. The maximum atomic E-state index is 6.05. The molecule has 0 radical (unpaired) electrons. The van der Waals surface area contributed by atoms with E-state index in [1.165, 1.54) is 0 Å². The van der Waals surface area contributed by atoms with E-state index in [0.29, 0.717) is 10.8 Å². The number of aromatic nitrogens is 2. The van der Waals surface area contributed by atoms with Gasteiger partial charge in [-0.15, -0.1) is 0 Å². The van der Waals surface area contributed by atoms with Gasteiger partial charge >= 0.3 is 0 Å². The maximum Gasteiger partial charge on any atom is 0.157 e. The van der Waals surface area contributed by atoms with Crippen molar-refractivity contribution in [2.24, 2.45) is 0 Å². The van der Waals surface area contributed by atoms with Gasteiger partial charge in [0.05, 0.1) is 10.7 Å². The fourth-order valence-electron chi connectivity index (χ4n) is 1.60. The molecule has 0 unspecified atom stereocenters. The molecule has 3 nitrogen and oxygen atoms in total. The highest BCUT2D eigenvalue weighted by atomic mass is 35.5. The minimum atomic E-state index is -0.0700. The predicted octanol–water partition coefficient (Wildman–Crippen LogP) is 2.87. The van der Waals surface area contributed by atoms with Gasteiger partial charge in [-0.05, 0) is 12.1 Å². The molecule has 0 bridgehead atoms. The van der Waals surface area contributed by atoms with Crippen molar-refractivity contribution in [2.75, 3.05) is 5.73 Å². The van der Waals surface area contributed by atoms with E-state index in [4.69, 9.17) is 17.3 Å². The number of nitrogen functional groups attached to an aromatic ring is 1.